The second-order valence-electron chi connectivity index (χ2n) is 4.62. The maximum absolute atomic E-state index is 5.40. The van der Waals surface area contributed by atoms with E-state index in [1.54, 1.807) is 7.11 Å². The highest BCUT2D eigenvalue weighted by atomic mass is 16.5. The van der Waals surface area contributed by atoms with Gasteiger partial charge >= 0.3 is 0 Å². The van der Waals surface area contributed by atoms with Crippen molar-refractivity contribution in [2.45, 2.75) is 32.2 Å². The number of methoxy groups -OCH3 is 1. The lowest BCUT2D eigenvalue weighted by molar-refractivity contribution is 0.410. The number of rotatable bonds is 4. The van der Waals surface area contributed by atoms with Gasteiger partial charge in [-0.3, -0.25) is 0 Å². The summed E-state index contributed by atoms with van der Waals surface area (Å²) in [5, 5.41) is 3.41. The van der Waals surface area contributed by atoms with Gasteiger partial charge in [0.2, 0.25) is 0 Å². The Hall–Kier alpha value is -1.28. The van der Waals surface area contributed by atoms with Crippen molar-refractivity contribution in [2.24, 2.45) is 0 Å². The fraction of sp³-hybridized carbons (Fsp3) is 0.467. The van der Waals surface area contributed by atoms with Gasteiger partial charge in [0.1, 0.15) is 5.75 Å². The first kappa shape index (κ1) is 12.2. The molecule has 92 valence electrons. The fourth-order valence-electron chi connectivity index (χ4n) is 2.54. The predicted octanol–water partition coefficient (Wildman–Crippen LogP) is 3.37. The lowest BCUT2D eigenvalue weighted by Crippen LogP contribution is -2.18. The van der Waals surface area contributed by atoms with Gasteiger partial charge < -0.3 is 10.1 Å². The van der Waals surface area contributed by atoms with Crippen molar-refractivity contribution in [3.8, 4) is 5.75 Å². The van der Waals surface area contributed by atoms with Crippen molar-refractivity contribution in [1.82, 2.24) is 5.32 Å². The Morgan fingerprint density at radius 3 is 2.76 bits per heavy atom. The third-order valence-electron chi connectivity index (χ3n) is 3.50. The third kappa shape index (κ3) is 2.52. The molecule has 17 heavy (non-hydrogen) atoms. The monoisotopic (exact) mass is 231 g/mol. The van der Waals surface area contributed by atoms with Crippen LogP contribution in [0, 0.1) is 6.92 Å². The second kappa shape index (κ2) is 5.37. The predicted molar refractivity (Wildman–Crippen MR) is 71.5 cm³/mol. The number of allylic oxidation sites excluding steroid dienone is 1. The summed E-state index contributed by atoms with van der Waals surface area (Å²) in [5.74, 6) is 0.973. The summed E-state index contributed by atoms with van der Waals surface area (Å²) in [6.07, 6.45) is 6.09. The molecular weight excluding hydrogens is 210 g/mol. The van der Waals surface area contributed by atoms with Crippen molar-refractivity contribution in [2.75, 3.05) is 14.2 Å². The maximum Gasteiger partial charge on any atom is 0.122 e. The van der Waals surface area contributed by atoms with Crippen molar-refractivity contribution >= 4 is 0 Å². The van der Waals surface area contributed by atoms with Crippen molar-refractivity contribution < 1.29 is 4.74 Å². The van der Waals surface area contributed by atoms with Crippen LogP contribution in [0.25, 0.3) is 0 Å². The molecular formula is C15H21NO. The van der Waals surface area contributed by atoms with Crippen LogP contribution in [0.3, 0.4) is 0 Å². The zero-order valence-electron chi connectivity index (χ0n) is 10.9. The highest BCUT2D eigenvalue weighted by Crippen LogP contribution is 2.32. The lowest BCUT2D eigenvalue weighted by Gasteiger charge is -2.19. The molecule has 0 fully saturated rings. The molecule has 2 nitrogen and oxygen atoms in total. The van der Waals surface area contributed by atoms with Crippen LogP contribution in [0.2, 0.25) is 0 Å². The number of aryl methyl sites for hydroxylation is 1. The van der Waals surface area contributed by atoms with Crippen molar-refractivity contribution in [3.63, 3.8) is 0 Å². The Labute approximate surface area is 104 Å². The molecule has 0 aromatic heterocycles. The molecule has 0 amide bonds. The average molecular weight is 231 g/mol. The first-order valence-corrected chi connectivity index (χ1v) is 6.27. The maximum atomic E-state index is 5.40. The van der Waals surface area contributed by atoms with Crippen LogP contribution in [0.4, 0.5) is 0 Å². The zero-order valence-corrected chi connectivity index (χ0v) is 10.9. The van der Waals surface area contributed by atoms with Gasteiger partial charge in [-0.05, 0) is 50.4 Å². The van der Waals surface area contributed by atoms with Crippen LogP contribution in [-0.2, 0) is 0 Å². The summed E-state index contributed by atoms with van der Waals surface area (Å²) in [5.41, 5.74) is 3.99. The molecule has 1 aliphatic carbocycles. The standard InChI is InChI=1S/C15H21NO/c1-11-8-9-13(10-14(11)17-3)15(16-2)12-6-4-5-7-12/h6,8-10,15-16H,4-5,7H2,1-3H3. The number of likely N-dealkylation sites (N-methyl/N-ethyl adjacent to an activating group) is 1. The first-order chi connectivity index (χ1) is 8.26. The minimum Gasteiger partial charge on any atom is -0.496 e. The second-order valence-corrected chi connectivity index (χ2v) is 4.62. The number of hydrogen-bond acceptors (Lipinski definition) is 2. The summed E-state index contributed by atoms with van der Waals surface area (Å²) in [6.45, 7) is 2.08. The Balaban J connectivity index is 2.30. The Morgan fingerprint density at radius 1 is 1.35 bits per heavy atom. The minimum atomic E-state index is 0.340. The molecule has 0 bridgehead atoms. The van der Waals surface area contributed by atoms with E-state index in [1.165, 1.54) is 36.0 Å². The molecule has 0 aliphatic heterocycles. The van der Waals surface area contributed by atoms with Crippen LogP contribution < -0.4 is 10.1 Å². The van der Waals surface area contributed by atoms with Gasteiger partial charge in [0.05, 0.1) is 13.2 Å². The van der Waals surface area contributed by atoms with E-state index in [0.29, 0.717) is 6.04 Å². The average Bonchev–Trinajstić information content (AvgIpc) is 2.86. The SMILES string of the molecule is CNC(C1=CCCC1)c1ccc(C)c(OC)c1. The van der Waals surface area contributed by atoms with Crippen LogP contribution in [0.1, 0.15) is 36.4 Å². The molecule has 1 aromatic carbocycles. The number of ether oxygens (including phenoxy) is 1. The minimum absolute atomic E-state index is 0.340. The smallest absolute Gasteiger partial charge is 0.122 e. The van der Waals surface area contributed by atoms with Crippen molar-refractivity contribution in [1.29, 1.82) is 0 Å². The highest BCUT2D eigenvalue weighted by molar-refractivity contribution is 5.40. The largest absolute Gasteiger partial charge is 0.496 e. The van der Waals surface area contributed by atoms with Gasteiger partial charge in [-0.15, -0.1) is 0 Å². The van der Waals surface area contributed by atoms with Gasteiger partial charge in [-0.2, -0.15) is 0 Å². The molecule has 1 atom stereocenters. The normalized spacial score (nSPS) is 16.8. The third-order valence-corrected chi connectivity index (χ3v) is 3.50. The molecule has 1 N–H and O–H groups in total. The summed E-state index contributed by atoms with van der Waals surface area (Å²) < 4.78 is 5.40. The summed E-state index contributed by atoms with van der Waals surface area (Å²) in [4.78, 5) is 0. The van der Waals surface area contributed by atoms with E-state index < -0.39 is 0 Å². The van der Waals surface area contributed by atoms with Crippen LogP contribution in [0.15, 0.2) is 29.8 Å². The van der Waals surface area contributed by atoms with E-state index >= 15 is 0 Å². The molecule has 2 heteroatoms. The van der Waals surface area contributed by atoms with E-state index in [9.17, 15) is 0 Å². The molecule has 0 spiro atoms. The molecule has 0 heterocycles. The molecule has 1 unspecified atom stereocenters. The van der Waals surface area contributed by atoms with Gasteiger partial charge in [0, 0.05) is 0 Å². The van der Waals surface area contributed by atoms with Gasteiger partial charge in [-0.1, -0.05) is 23.8 Å². The summed E-state index contributed by atoms with van der Waals surface area (Å²) in [7, 11) is 3.76. The Kier molecular flexibility index (Phi) is 3.85. The lowest BCUT2D eigenvalue weighted by atomic mass is 9.97. The fourth-order valence-corrected chi connectivity index (χ4v) is 2.54. The first-order valence-electron chi connectivity index (χ1n) is 6.27. The Morgan fingerprint density at radius 2 is 2.18 bits per heavy atom. The van der Waals surface area contributed by atoms with Gasteiger partial charge in [-0.25, -0.2) is 0 Å². The molecule has 1 aliphatic rings. The quantitative estimate of drug-likeness (QED) is 0.802. The molecule has 0 saturated carbocycles. The van der Waals surface area contributed by atoms with Crippen LogP contribution in [-0.4, -0.2) is 14.2 Å². The van der Waals surface area contributed by atoms with E-state index in [2.05, 4.69) is 36.5 Å². The molecule has 1 aromatic rings. The number of nitrogens with one attached hydrogen (secondary N) is 1. The number of hydrogen-bond donors (Lipinski definition) is 1. The highest BCUT2D eigenvalue weighted by Gasteiger charge is 2.18. The van der Waals surface area contributed by atoms with Crippen LogP contribution >= 0.6 is 0 Å². The summed E-state index contributed by atoms with van der Waals surface area (Å²) >= 11 is 0. The topological polar surface area (TPSA) is 21.3 Å². The molecule has 0 saturated heterocycles. The van der Waals surface area contributed by atoms with E-state index in [-0.39, 0.29) is 0 Å². The molecule has 2 rings (SSSR count). The Bertz CT molecular complexity index is 423. The number of benzene rings is 1. The van der Waals surface area contributed by atoms with E-state index in [0.717, 1.165) is 5.75 Å². The van der Waals surface area contributed by atoms with E-state index in [4.69, 9.17) is 4.74 Å². The summed E-state index contributed by atoms with van der Waals surface area (Å²) in [6, 6.07) is 6.81. The van der Waals surface area contributed by atoms with Crippen LogP contribution in [0.5, 0.6) is 5.75 Å². The van der Waals surface area contributed by atoms with Gasteiger partial charge in [0.15, 0.2) is 0 Å². The van der Waals surface area contributed by atoms with E-state index in [1.807, 2.05) is 7.05 Å². The molecule has 0 radical (unpaired) electrons. The zero-order chi connectivity index (χ0) is 12.3. The van der Waals surface area contributed by atoms with Crippen molar-refractivity contribution in [3.05, 3.63) is 41.0 Å². The van der Waals surface area contributed by atoms with Gasteiger partial charge in [0.25, 0.3) is 0 Å².